The van der Waals surface area contributed by atoms with Gasteiger partial charge in [-0.3, -0.25) is 0 Å². The molecule has 0 aliphatic carbocycles. The van der Waals surface area contributed by atoms with Crippen LogP contribution >= 0.6 is 11.3 Å². The molecule has 2 heterocycles. The molecular weight excluding hydrogens is 206 g/mol. The fraction of sp³-hybridized carbons (Fsp3) is 0.727. The summed E-state index contributed by atoms with van der Waals surface area (Å²) in [6, 6.07) is 0. The second-order valence-electron chi connectivity index (χ2n) is 4.05. The maximum Gasteiger partial charge on any atom is 0.187 e. The van der Waals surface area contributed by atoms with Crippen LogP contribution in [-0.4, -0.2) is 31.7 Å². The van der Waals surface area contributed by atoms with Crippen molar-refractivity contribution in [2.24, 2.45) is 0 Å². The summed E-state index contributed by atoms with van der Waals surface area (Å²) in [6.45, 7) is 5.53. The zero-order chi connectivity index (χ0) is 10.7. The van der Waals surface area contributed by atoms with Crippen molar-refractivity contribution in [1.29, 1.82) is 0 Å². The van der Waals surface area contributed by atoms with E-state index in [2.05, 4.69) is 34.1 Å². The third-order valence-electron chi connectivity index (χ3n) is 2.96. The molecule has 1 aromatic heterocycles. The molecule has 0 N–H and O–H groups in total. The van der Waals surface area contributed by atoms with Crippen molar-refractivity contribution in [2.75, 3.05) is 36.5 Å². The van der Waals surface area contributed by atoms with Crippen LogP contribution in [0.3, 0.4) is 0 Å². The fourth-order valence-electron chi connectivity index (χ4n) is 1.83. The Labute approximate surface area is 95.7 Å². The van der Waals surface area contributed by atoms with Crippen LogP contribution in [0.15, 0.2) is 5.38 Å². The highest BCUT2D eigenvalue weighted by Gasteiger charge is 2.14. The van der Waals surface area contributed by atoms with Gasteiger partial charge in [-0.15, -0.1) is 11.3 Å². The number of nitrogens with zero attached hydrogens (tertiary/aromatic N) is 3. The van der Waals surface area contributed by atoms with Gasteiger partial charge in [-0.25, -0.2) is 4.98 Å². The van der Waals surface area contributed by atoms with Gasteiger partial charge in [0, 0.05) is 32.1 Å². The van der Waals surface area contributed by atoms with Crippen LogP contribution in [-0.2, 0) is 0 Å². The largest absolute Gasteiger partial charge is 0.356 e. The smallest absolute Gasteiger partial charge is 0.187 e. The molecule has 0 aromatic carbocycles. The second kappa shape index (κ2) is 4.84. The Morgan fingerprint density at radius 2 is 2.13 bits per heavy atom. The Hall–Kier alpha value is -0.770. The standard InChI is InChI=1S/C11H19N3S/c1-3-13(2)11-12-10(9-15-11)14-7-5-4-6-8-14/h9H,3-8H2,1-2H3. The number of thiazole rings is 1. The minimum atomic E-state index is 1.02. The number of piperidine rings is 1. The number of hydrogen-bond acceptors (Lipinski definition) is 4. The lowest BCUT2D eigenvalue weighted by Crippen LogP contribution is -2.29. The summed E-state index contributed by atoms with van der Waals surface area (Å²) >= 11 is 1.75. The third-order valence-corrected chi connectivity index (χ3v) is 3.90. The van der Waals surface area contributed by atoms with E-state index in [1.807, 2.05) is 0 Å². The molecule has 1 saturated heterocycles. The van der Waals surface area contributed by atoms with Crippen LogP contribution in [0.1, 0.15) is 26.2 Å². The van der Waals surface area contributed by atoms with Gasteiger partial charge in [0.25, 0.3) is 0 Å². The van der Waals surface area contributed by atoms with Gasteiger partial charge >= 0.3 is 0 Å². The first-order valence-corrected chi connectivity index (χ1v) is 6.61. The monoisotopic (exact) mass is 225 g/mol. The molecule has 2 rings (SSSR count). The van der Waals surface area contributed by atoms with Crippen molar-refractivity contribution in [2.45, 2.75) is 26.2 Å². The molecule has 15 heavy (non-hydrogen) atoms. The summed E-state index contributed by atoms with van der Waals surface area (Å²) in [5.41, 5.74) is 0. The number of anilines is 2. The average molecular weight is 225 g/mol. The lowest BCUT2D eigenvalue weighted by atomic mass is 10.1. The molecule has 1 aromatic rings. The topological polar surface area (TPSA) is 19.4 Å². The summed E-state index contributed by atoms with van der Waals surface area (Å²) in [5.74, 6) is 1.18. The Bertz CT molecular complexity index is 305. The van der Waals surface area contributed by atoms with Crippen LogP contribution in [0.4, 0.5) is 10.9 Å². The van der Waals surface area contributed by atoms with Crippen LogP contribution in [0.5, 0.6) is 0 Å². The summed E-state index contributed by atoms with van der Waals surface area (Å²) in [6.07, 6.45) is 4.01. The third kappa shape index (κ3) is 2.43. The van der Waals surface area contributed by atoms with Crippen molar-refractivity contribution in [3.8, 4) is 0 Å². The van der Waals surface area contributed by atoms with Crippen molar-refractivity contribution in [3.63, 3.8) is 0 Å². The van der Waals surface area contributed by atoms with E-state index in [9.17, 15) is 0 Å². The van der Waals surface area contributed by atoms with E-state index in [0.29, 0.717) is 0 Å². The Balaban J connectivity index is 2.05. The van der Waals surface area contributed by atoms with Crippen molar-refractivity contribution in [3.05, 3.63) is 5.38 Å². The molecule has 0 atom stereocenters. The number of aromatic nitrogens is 1. The van der Waals surface area contributed by atoms with Crippen molar-refractivity contribution in [1.82, 2.24) is 4.98 Å². The number of hydrogen-bond donors (Lipinski definition) is 0. The molecule has 4 heteroatoms. The van der Waals surface area contributed by atoms with E-state index in [-0.39, 0.29) is 0 Å². The first kappa shape index (κ1) is 10.7. The molecule has 3 nitrogen and oxygen atoms in total. The van der Waals surface area contributed by atoms with Crippen LogP contribution in [0, 0.1) is 0 Å². The average Bonchev–Trinajstić information content (AvgIpc) is 2.78. The lowest BCUT2D eigenvalue weighted by Gasteiger charge is -2.26. The van der Waals surface area contributed by atoms with Gasteiger partial charge in [-0.1, -0.05) is 0 Å². The molecule has 0 spiro atoms. The quantitative estimate of drug-likeness (QED) is 0.788. The predicted octanol–water partition coefficient (Wildman–Crippen LogP) is 2.59. The lowest BCUT2D eigenvalue weighted by molar-refractivity contribution is 0.574. The Morgan fingerprint density at radius 3 is 2.80 bits per heavy atom. The van der Waals surface area contributed by atoms with Crippen molar-refractivity contribution >= 4 is 22.3 Å². The number of rotatable bonds is 3. The van der Waals surface area contributed by atoms with Crippen molar-refractivity contribution < 1.29 is 0 Å². The first-order chi connectivity index (χ1) is 7.31. The van der Waals surface area contributed by atoms with Gasteiger partial charge in [-0.05, 0) is 26.2 Å². The minimum Gasteiger partial charge on any atom is -0.356 e. The normalized spacial score (nSPS) is 16.8. The zero-order valence-corrected chi connectivity index (χ0v) is 10.4. The molecular formula is C11H19N3S. The molecule has 1 aliphatic rings. The fourth-order valence-corrected chi connectivity index (χ4v) is 2.70. The van der Waals surface area contributed by atoms with E-state index in [1.54, 1.807) is 11.3 Å². The molecule has 84 valence electrons. The summed E-state index contributed by atoms with van der Waals surface area (Å²) in [4.78, 5) is 9.28. The maximum absolute atomic E-state index is 4.68. The summed E-state index contributed by atoms with van der Waals surface area (Å²) in [7, 11) is 2.10. The molecule has 0 saturated carbocycles. The van der Waals surface area contributed by atoms with E-state index in [4.69, 9.17) is 0 Å². The van der Waals surface area contributed by atoms with Gasteiger partial charge in [0.2, 0.25) is 0 Å². The highest BCUT2D eigenvalue weighted by Crippen LogP contribution is 2.26. The van der Waals surface area contributed by atoms with Gasteiger partial charge in [-0.2, -0.15) is 0 Å². The van der Waals surface area contributed by atoms with E-state index in [0.717, 1.165) is 11.7 Å². The second-order valence-corrected chi connectivity index (χ2v) is 4.89. The highest BCUT2D eigenvalue weighted by atomic mass is 32.1. The Morgan fingerprint density at radius 1 is 1.40 bits per heavy atom. The Kier molecular flexibility index (Phi) is 3.46. The van der Waals surface area contributed by atoms with Crippen LogP contribution in [0.25, 0.3) is 0 Å². The minimum absolute atomic E-state index is 1.02. The zero-order valence-electron chi connectivity index (χ0n) is 9.57. The molecule has 0 amide bonds. The molecule has 0 unspecified atom stereocenters. The predicted molar refractivity (Wildman–Crippen MR) is 67.1 cm³/mol. The van der Waals surface area contributed by atoms with Gasteiger partial charge in [0.1, 0.15) is 5.82 Å². The first-order valence-electron chi connectivity index (χ1n) is 5.73. The van der Waals surface area contributed by atoms with E-state index >= 15 is 0 Å². The molecule has 1 fully saturated rings. The summed E-state index contributed by atoms with van der Waals surface area (Å²) in [5, 5.41) is 3.32. The maximum atomic E-state index is 4.68. The van der Waals surface area contributed by atoms with Gasteiger partial charge < -0.3 is 9.80 Å². The van der Waals surface area contributed by atoms with Gasteiger partial charge in [0.05, 0.1) is 0 Å². The molecule has 0 bridgehead atoms. The van der Waals surface area contributed by atoms with Crippen LogP contribution in [0.2, 0.25) is 0 Å². The van der Waals surface area contributed by atoms with Gasteiger partial charge in [0.15, 0.2) is 5.13 Å². The molecule has 0 radical (unpaired) electrons. The highest BCUT2D eigenvalue weighted by molar-refractivity contribution is 7.14. The summed E-state index contributed by atoms with van der Waals surface area (Å²) < 4.78 is 0. The van der Waals surface area contributed by atoms with Crippen LogP contribution < -0.4 is 9.80 Å². The van der Waals surface area contributed by atoms with E-state index in [1.165, 1.54) is 38.2 Å². The molecule has 1 aliphatic heterocycles. The SMILES string of the molecule is CCN(C)c1nc(N2CCCCC2)cs1. The van der Waals surface area contributed by atoms with E-state index < -0.39 is 0 Å².